The predicted molar refractivity (Wildman–Crippen MR) is 79.3 cm³/mol. The lowest BCUT2D eigenvalue weighted by Crippen LogP contribution is -2.42. The van der Waals surface area contributed by atoms with Gasteiger partial charge in [0.2, 0.25) is 0 Å². The Morgan fingerprint density at radius 2 is 1.90 bits per heavy atom. The topological polar surface area (TPSA) is 36.9 Å². The SMILES string of the molecule is COc1ccc([C@@H]2OC[C@H]3OC/C=C\CCC[C@@H]3O2)cc1. The summed E-state index contributed by atoms with van der Waals surface area (Å²) in [6.07, 6.45) is 7.30. The lowest BCUT2D eigenvalue weighted by molar-refractivity contribution is -0.265. The van der Waals surface area contributed by atoms with Crippen LogP contribution in [0.4, 0.5) is 0 Å². The van der Waals surface area contributed by atoms with Crippen molar-refractivity contribution in [2.24, 2.45) is 0 Å². The zero-order valence-electron chi connectivity index (χ0n) is 12.4. The number of fused-ring (bicyclic) bond motifs is 1. The first kappa shape index (κ1) is 14.6. The maximum atomic E-state index is 6.13. The molecule has 2 aliphatic rings. The number of allylic oxidation sites excluding steroid dienone is 1. The Kier molecular flexibility index (Phi) is 4.91. The number of rotatable bonds is 2. The Morgan fingerprint density at radius 3 is 2.71 bits per heavy atom. The van der Waals surface area contributed by atoms with Crippen LogP contribution in [0.25, 0.3) is 0 Å². The third kappa shape index (κ3) is 3.64. The Balaban J connectivity index is 1.66. The Morgan fingerprint density at radius 1 is 1.05 bits per heavy atom. The van der Waals surface area contributed by atoms with Gasteiger partial charge in [-0.1, -0.05) is 24.3 Å². The van der Waals surface area contributed by atoms with E-state index in [9.17, 15) is 0 Å². The maximum Gasteiger partial charge on any atom is 0.184 e. The van der Waals surface area contributed by atoms with Crippen molar-refractivity contribution >= 4 is 0 Å². The fourth-order valence-electron chi connectivity index (χ4n) is 2.72. The fourth-order valence-corrected chi connectivity index (χ4v) is 2.72. The number of hydrogen-bond acceptors (Lipinski definition) is 4. The standard InChI is InChI=1S/C17H22O4/c1-18-14-9-7-13(8-10-14)17-20-12-16-15(21-17)6-4-2-3-5-11-19-16/h3,5,7-10,15-17H,2,4,6,11-12H2,1H3/b5-3-/t15-,16+,17+/m0/s1. The van der Waals surface area contributed by atoms with E-state index in [1.165, 1.54) is 0 Å². The summed E-state index contributed by atoms with van der Waals surface area (Å²) in [5, 5.41) is 0. The molecule has 4 heteroatoms. The molecule has 0 spiro atoms. The Hall–Kier alpha value is -1.36. The second kappa shape index (κ2) is 7.07. The largest absolute Gasteiger partial charge is 0.497 e. The molecule has 0 aromatic heterocycles. The van der Waals surface area contributed by atoms with Gasteiger partial charge in [-0.3, -0.25) is 0 Å². The minimum atomic E-state index is -0.311. The molecule has 0 saturated carbocycles. The summed E-state index contributed by atoms with van der Waals surface area (Å²) >= 11 is 0. The Labute approximate surface area is 125 Å². The van der Waals surface area contributed by atoms with Gasteiger partial charge in [-0.05, 0) is 31.4 Å². The second-order valence-electron chi connectivity index (χ2n) is 5.39. The van der Waals surface area contributed by atoms with E-state index < -0.39 is 0 Å². The van der Waals surface area contributed by atoms with Gasteiger partial charge in [0.1, 0.15) is 11.9 Å². The monoisotopic (exact) mass is 290 g/mol. The summed E-state index contributed by atoms with van der Waals surface area (Å²) in [6, 6.07) is 7.83. The molecule has 0 aliphatic carbocycles. The van der Waals surface area contributed by atoms with Gasteiger partial charge in [-0.2, -0.15) is 0 Å². The summed E-state index contributed by atoms with van der Waals surface area (Å²) < 4.78 is 23.0. The summed E-state index contributed by atoms with van der Waals surface area (Å²) in [5.74, 6) is 0.837. The molecule has 4 nitrogen and oxygen atoms in total. The molecule has 3 atom stereocenters. The first-order chi connectivity index (χ1) is 10.4. The van der Waals surface area contributed by atoms with Crippen LogP contribution in [0.2, 0.25) is 0 Å². The lowest BCUT2D eigenvalue weighted by Gasteiger charge is -2.36. The average molecular weight is 290 g/mol. The molecule has 1 fully saturated rings. The lowest BCUT2D eigenvalue weighted by atomic mass is 10.1. The zero-order valence-corrected chi connectivity index (χ0v) is 12.4. The van der Waals surface area contributed by atoms with E-state index in [0.717, 1.165) is 30.6 Å². The number of hydrogen-bond donors (Lipinski definition) is 0. The molecule has 1 aromatic carbocycles. The predicted octanol–water partition coefficient (Wildman–Crippen LogP) is 3.23. The van der Waals surface area contributed by atoms with Crippen LogP contribution >= 0.6 is 0 Å². The summed E-state index contributed by atoms with van der Waals surface area (Å²) in [5.41, 5.74) is 1.02. The van der Waals surface area contributed by atoms with Gasteiger partial charge in [0.15, 0.2) is 6.29 Å². The molecule has 3 rings (SSSR count). The van der Waals surface area contributed by atoms with E-state index in [-0.39, 0.29) is 18.5 Å². The van der Waals surface area contributed by atoms with Crippen LogP contribution in [-0.2, 0) is 14.2 Å². The van der Waals surface area contributed by atoms with Crippen LogP contribution in [-0.4, -0.2) is 32.5 Å². The van der Waals surface area contributed by atoms with Gasteiger partial charge >= 0.3 is 0 Å². The smallest absolute Gasteiger partial charge is 0.184 e. The van der Waals surface area contributed by atoms with E-state index in [1.54, 1.807) is 7.11 Å². The summed E-state index contributed by atoms with van der Waals surface area (Å²) in [6.45, 7) is 1.22. The molecule has 21 heavy (non-hydrogen) atoms. The first-order valence-electron chi connectivity index (χ1n) is 7.54. The molecule has 1 aromatic rings. The normalized spacial score (nSPS) is 31.4. The van der Waals surface area contributed by atoms with Crippen molar-refractivity contribution in [1.29, 1.82) is 0 Å². The van der Waals surface area contributed by atoms with Crippen molar-refractivity contribution in [1.82, 2.24) is 0 Å². The third-order valence-electron chi connectivity index (χ3n) is 3.95. The molecule has 1 saturated heterocycles. The van der Waals surface area contributed by atoms with Gasteiger partial charge < -0.3 is 18.9 Å². The van der Waals surface area contributed by atoms with Gasteiger partial charge in [0.05, 0.1) is 26.4 Å². The van der Waals surface area contributed by atoms with Crippen molar-refractivity contribution in [3.05, 3.63) is 42.0 Å². The van der Waals surface area contributed by atoms with E-state index >= 15 is 0 Å². The van der Waals surface area contributed by atoms with Gasteiger partial charge in [0.25, 0.3) is 0 Å². The fraction of sp³-hybridized carbons (Fsp3) is 0.529. The molecule has 0 N–H and O–H groups in total. The molecule has 0 amide bonds. The van der Waals surface area contributed by atoms with Crippen LogP contribution in [0.5, 0.6) is 5.75 Å². The van der Waals surface area contributed by atoms with Crippen molar-refractivity contribution in [2.45, 2.75) is 37.8 Å². The highest BCUT2D eigenvalue weighted by Crippen LogP contribution is 2.31. The van der Waals surface area contributed by atoms with Crippen LogP contribution in [0, 0.1) is 0 Å². The first-order valence-corrected chi connectivity index (χ1v) is 7.54. The minimum absolute atomic E-state index is 0.0299. The van der Waals surface area contributed by atoms with E-state index in [4.69, 9.17) is 18.9 Å². The highest BCUT2D eigenvalue weighted by atomic mass is 16.7. The minimum Gasteiger partial charge on any atom is -0.497 e. The van der Waals surface area contributed by atoms with Crippen molar-refractivity contribution in [3.8, 4) is 5.75 Å². The number of ether oxygens (including phenoxy) is 4. The highest BCUT2D eigenvalue weighted by Gasteiger charge is 2.33. The van der Waals surface area contributed by atoms with Gasteiger partial charge in [0, 0.05) is 5.56 Å². The second-order valence-corrected chi connectivity index (χ2v) is 5.39. The highest BCUT2D eigenvalue weighted by molar-refractivity contribution is 5.28. The van der Waals surface area contributed by atoms with Crippen LogP contribution < -0.4 is 4.74 Å². The zero-order chi connectivity index (χ0) is 14.5. The average Bonchev–Trinajstić information content (AvgIpc) is 2.66. The van der Waals surface area contributed by atoms with Gasteiger partial charge in [-0.25, -0.2) is 0 Å². The molecule has 0 radical (unpaired) electrons. The summed E-state index contributed by atoms with van der Waals surface area (Å²) in [4.78, 5) is 0. The third-order valence-corrected chi connectivity index (χ3v) is 3.95. The summed E-state index contributed by atoms with van der Waals surface area (Å²) in [7, 11) is 1.66. The molecule has 0 unspecified atom stereocenters. The number of benzene rings is 1. The van der Waals surface area contributed by atoms with E-state index in [2.05, 4.69) is 12.2 Å². The van der Waals surface area contributed by atoms with Crippen molar-refractivity contribution < 1.29 is 18.9 Å². The molecule has 2 heterocycles. The molecule has 2 aliphatic heterocycles. The van der Waals surface area contributed by atoms with Crippen molar-refractivity contribution in [3.63, 3.8) is 0 Å². The maximum absolute atomic E-state index is 6.13. The van der Waals surface area contributed by atoms with Crippen LogP contribution in [0.1, 0.15) is 31.1 Å². The molecular formula is C17H22O4. The number of methoxy groups -OCH3 is 1. The van der Waals surface area contributed by atoms with Crippen molar-refractivity contribution in [2.75, 3.05) is 20.3 Å². The Bertz CT molecular complexity index is 468. The van der Waals surface area contributed by atoms with Crippen LogP contribution in [0.15, 0.2) is 36.4 Å². The van der Waals surface area contributed by atoms with Gasteiger partial charge in [-0.15, -0.1) is 0 Å². The van der Waals surface area contributed by atoms with E-state index in [1.807, 2.05) is 24.3 Å². The van der Waals surface area contributed by atoms with E-state index in [0.29, 0.717) is 13.2 Å². The molecule has 0 bridgehead atoms. The molecule has 114 valence electrons. The van der Waals surface area contributed by atoms with Crippen LogP contribution in [0.3, 0.4) is 0 Å². The quantitative estimate of drug-likeness (QED) is 0.784. The molecular weight excluding hydrogens is 268 g/mol.